The number of hydrogen-bond donors (Lipinski definition) is 3. The quantitative estimate of drug-likeness (QED) is 0.161. The van der Waals surface area contributed by atoms with Crippen LogP contribution in [0.25, 0.3) is 22.8 Å². The molecule has 0 fully saturated rings. The molecule has 0 aliphatic rings. The molecule has 1 unspecified atom stereocenters. The Hall–Kier alpha value is -5.22. The van der Waals surface area contributed by atoms with Crippen LogP contribution in [0.2, 0.25) is 0 Å². The number of nitrogens with one attached hydrogen (secondary N) is 2. The number of nitro benzene ring substituents is 1. The predicted molar refractivity (Wildman–Crippen MR) is 154 cm³/mol. The molecule has 0 aliphatic heterocycles. The van der Waals surface area contributed by atoms with E-state index in [9.17, 15) is 33.2 Å². The normalized spacial score (nSPS) is 12.4. The summed E-state index contributed by atoms with van der Waals surface area (Å²) in [6.45, 7) is 5.22. The standard InChI is InChI=1S/C28H26FN5O9S/c1-28(2,3)42-27(37)30-18-7-5-17(6-8-18)25-31-24(32-43-25)21-13-4-16(14-22(21)29)15-23(26(35)36)33-44(40,41)20-11-9-19(10-12-20)34(38)39/h4-14,23,33H,15H2,1-3H3,(H,30,37)(H,35,36). The number of rotatable bonds is 10. The zero-order valence-corrected chi connectivity index (χ0v) is 24.3. The van der Waals surface area contributed by atoms with Gasteiger partial charge in [-0.1, -0.05) is 11.2 Å². The highest BCUT2D eigenvalue weighted by molar-refractivity contribution is 7.89. The number of carbonyl (C=O) groups excluding carboxylic acids is 1. The van der Waals surface area contributed by atoms with Gasteiger partial charge >= 0.3 is 12.1 Å². The Bertz CT molecular complexity index is 1800. The van der Waals surface area contributed by atoms with Crippen LogP contribution in [0.3, 0.4) is 0 Å². The van der Waals surface area contributed by atoms with Crippen molar-refractivity contribution in [2.45, 2.75) is 43.7 Å². The number of nitro groups is 1. The zero-order valence-electron chi connectivity index (χ0n) is 23.5. The molecule has 3 N–H and O–H groups in total. The molecule has 0 spiro atoms. The number of benzene rings is 3. The van der Waals surface area contributed by atoms with Crippen molar-refractivity contribution in [3.05, 3.63) is 88.2 Å². The van der Waals surface area contributed by atoms with Crippen molar-refractivity contribution in [2.75, 3.05) is 5.32 Å². The summed E-state index contributed by atoms with van der Waals surface area (Å²) in [7, 11) is -4.37. The molecule has 4 aromatic rings. The van der Waals surface area contributed by atoms with Gasteiger partial charge in [0.15, 0.2) is 0 Å². The second kappa shape index (κ2) is 12.6. The van der Waals surface area contributed by atoms with Gasteiger partial charge in [-0.2, -0.15) is 9.71 Å². The summed E-state index contributed by atoms with van der Waals surface area (Å²) >= 11 is 0. The van der Waals surface area contributed by atoms with Gasteiger partial charge in [-0.15, -0.1) is 0 Å². The Balaban J connectivity index is 1.45. The molecule has 14 nitrogen and oxygen atoms in total. The largest absolute Gasteiger partial charge is 0.480 e. The third kappa shape index (κ3) is 7.99. The summed E-state index contributed by atoms with van der Waals surface area (Å²) in [5, 5.41) is 26.8. The summed E-state index contributed by atoms with van der Waals surface area (Å²) in [5.74, 6) is -2.35. The fourth-order valence-corrected chi connectivity index (χ4v) is 5.04. The SMILES string of the molecule is CC(C)(C)OC(=O)Nc1ccc(-c2nc(-c3ccc(CC(NS(=O)(=O)c4ccc([N+](=O)[O-])cc4)C(=O)O)cc3F)no2)cc1. The van der Waals surface area contributed by atoms with Crippen LogP contribution in [0.15, 0.2) is 76.1 Å². The number of carbonyl (C=O) groups is 2. The first kappa shape index (κ1) is 31.7. The molecule has 1 atom stereocenters. The highest BCUT2D eigenvalue weighted by Crippen LogP contribution is 2.26. The third-order valence-electron chi connectivity index (χ3n) is 5.87. The summed E-state index contributed by atoms with van der Waals surface area (Å²) in [6, 6.07) is 12.3. The number of non-ortho nitro benzene ring substituents is 1. The molecule has 0 aliphatic carbocycles. The maximum absolute atomic E-state index is 15.1. The minimum Gasteiger partial charge on any atom is -0.480 e. The third-order valence-corrected chi connectivity index (χ3v) is 7.36. The van der Waals surface area contributed by atoms with Gasteiger partial charge in [-0.3, -0.25) is 20.2 Å². The van der Waals surface area contributed by atoms with E-state index in [-0.39, 0.29) is 33.4 Å². The minimum absolute atomic E-state index is 0.0506. The first-order valence-electron chi connectivity index (χ1n) is 12.8. The molecule has 1 amide bonds. The van der Waals surface area contributed by atoms with Gasteiger partial charge in [0.25, 0.3) is 11.6 Å². The maximum atomic E-state index is 15.1. The van der Waals surface area contributed by atoms with Crippen molar-refractivity contribution >= 4 is 33.5 Å². The van der Waals surface area contributed by atoms with Gasteiger partial charge < -0.3 is 14.4 Å². The molecule has 0 bridgehead atoms. The molecule has 1 aromatic heterocycles. The van der Waals surface area contributed by atoms with E-state index in [1.54, 1.807) is 45.0 Å². The highest BCUT2D eigenvalue weighted by Gasteiger charge is 2.27. The van der Waals surface area contributed by atoms with Crippen molar-refractivity contribution < 1.29 is 41.7 Å². The highest BCUT2D eigenvalue weighted by atomic mass is 32.2. The molecule has 0 radical (unpaired) electrons. The predicted octanol–water partition coefficient (Wildman–Crippen LogP) is 4.77. The van der Waals surface area contributed by atoms with E-state index in [1.165, 1.54) is 12.1 Å². The summed E-state index contributed by atoms with van der Waals surface area (Å²) in [4.78, 5) is 37.7. The van der Waals surface area contributed by atoms with Crippen LogP contribution in [-0.2, 0) is 26.0 Å². The molecule has 0 saturated heterocycles. The van der Waals surface area contributed by atoms with Gasteiger partial charge in [-0.05, 0) is 81.3 Å². The van der Waals surface area contributed by atoms with Crippen molar-refractivity contribution in [1.29, 1.82) is 0 Å². The lowest BCUT2D eigenvalue weighted by Gasteiger charge is -2.19. The molecule has 230 valence electrons. The Labute approximate surface area is 250 Å². The molecule has 1 heterocycles. The number of sulfonamides is 1. The number of nitrogens with zero attached hydrogens (tertiary/aromatic N) is 3. The number of carboxylic acid groups (broad SMARTS) is 1. The lowest BCUT2D eigenvalue weighted by atomic mass is 10.0. The average Bonchev–Trinajstić information content (AvgIpc) is 3.42. The number of carboxylic acids is 1. The van der Waals surface area contributed by atoms with Gasteiger partial charge in [0.1, 0.15) is 17.5 Å². The minimum atomic E-state index is -4.37. The summed E-state index contributed by atoms with van der Waals surface area (Å²) in [5.41, 5.74) is 0.0458. The second-order valence-corrected chi connectivity index (χ2v) is 12.1. The van der Waals surface area contributed by atoms with E-state index >= 15 is 4.39 Å². The Morgan fingerprint density at radius 2 is 1.75 bits per heavy atom. The number of aromatic nitrogens is 2. The van der Waals surface area contributed by atoms with Gasteiger partial charge in [0.05, 0.1) is 15.4 Å². The van der Waals surface area contributed by atoms with E-state index < -0.39 is 50.9 Å². The molecule has 16 heteroatoms. The van der Waals surface area contributed by atoms with Crippen LogP contribution >= 0.6 is 0 Å². The van der Waals surface area contributed by atoms with E-state index in [0.717, 1.165) is 30.3 Å². The second-order valence-electron chi connectivity index (χ2n) is 10.4. The molecule has 0 saturated carbocycles. The number of ether oxygens (including phenoxy) is 1. The van der Waals surface area contributed by atoms with Crippen molar-refractivity contribution in [2.24, 2.45) is 0 Å². The topological polar surface area (TPSA) is 204 Å². The molecule has 4 rings (SSSR count). The van der Waals surface area contributed by atoms with Crippen molar-refractivity contribution in [3.8, 4) is 22.8 Å². The number of halogens is 1. The van der Waals surface area contributed by atoms with Crippen molar-refractivity contribution in [1.82, 2.24) is 14.9 Å². The van der Waals surface area contributed by atoms with Crippen LogP contribution in [0.1, 0.15) is 26.3 Å². The van der Waals surface area contributed by atoms with Crippen LogP contribution in [0.5, 0.6) is 0 Å². The monoisotopic (exact) mass is 627 g/mol. The van der Waals surface area contributed by atoms with Crippen molar-refractivity contribution in [3.63, 3.8) is 0 Å². The number of aliphatic carboxylic acids is 1. The van der Waals surface area contributed by atoms with Gasteiger partial charge in [-0.25, -0.2) is 17.6 Å². The first-order valence-corrected chi connectivity index (χ1v) is 14.3. The smallest absolute Gasteiger partial charge is 0.412 e. The summed E-state index contributed by atoms with van der Waals surface area (Å²) in [6.07, 6.45) is -1.04. The fraction of sp³-hybridized carbons (Fsp3) is 0.214. The number of hydrogen-bond acceptors (Lipinski definition) is 10. The van der Waals surface area contributed by atoms with E-state index in [1.807, 2.05) is 4.72 Å². The lowest BCUT2D eigenvalue weighted by molar-refractivity contribution is -0.384. The van der Waals surface area contributed by atoms with Crippen LogP contribution in [-0.4, -0.2) is 52.3 Å². The molecule has 44 heavy (non-hydrogen) atoms. The molecular formula is C28H26FN5O9S. The van der Waals surface area contributed by atoms with Gasteiger partial charge in [0.2, 0.25) is 15.8 Å². The molecule has 3 aromatic carbocycles. The van der Waals surface area contributed by atoms with E-state index in [0.29, 0.717) is 11.3 Å². The van der Waals surface area contributed by atoms with E-state index in [2.05, 4.69) is 15.5 Å². The zero-order chi connectivity index (χ0) is 32.2. The first-order chi connectivity index (χ1) is 20.6. The Morgan fingerprint density at radius 3 is 2.32 bits per heavy atom. The van der Waals surface area contributed by atoms with Crippen LogP contribution in [0, 0.1) is 15.9 Å². The van der Waals surface area contributed by atoms with Gasteiger partial charge in [0, 0.05) is 23.4 Å². The Morgan fingerprint density at radius 1 is 1.09 bits per heavy atom. The van der Waals surface area contributed by atoms with E-state index in [4.69, 9.17) is 9.26 Å². The number of amides is 1. The fourth-order valence-electron chi connectivity index (χ4n) is 3.85. The Kier molecular flexibility index (Phi) is 9.05. The lowest BCUT2D eigenvalue weighted by Crippen LogP contribution is -2.42. The average molecular weight is 628 g/mol. The summed E-state index contributed by atoms with van der Waals surface area (Å²) < 4.78 is 53.0. The van der Waals surface area contributed by atoms with Crippen LogP contribution < -0.4 is 10.0 Å². The molecular weight excluding hydrogens is 601 g/mol. The number of anilines is 1. The van der Waals surface area contributed by atoms with Crippen LogP contribution in [0.4, 0.5) is 20.6 Å². The maximum Gasteiger partial charge on any atom is 0.412 e.